The smallest absolute Gasteiger partial charge is 0.237 e. The van der Waals surface area contributed by atoms with E-state index >= 15 is 0 Å². The maximum absolute atomic E-state index is 14.7. The number of aryl methyl sites for hydroxylation is 2. The Bertz CT molecular complexity index is 2010. The number of likely N-dealkylation sites (tertiary alicyclic amines) is 1. The summed E-state index contributed by atoms with van der Waals surface area (Å²) in [5, 5.41) is 14.1. The molecule has 2 amide bonds. The number of thiazole rings is 1. The maximum atomic E-state index is 14.7. The SMILES string of the molecule is Cc1ccc(N2CC[C@]3(CCN(CC(=O)N4CC=C(c5ncc(-c6ncn(C)n6)s5)CC4)C3)C2=O)nc1C(=N)c1ccc(OC(C)C)c(F)c1. The third-order valence-electron chi connectivity index (χ3n) is 9.65. The first kappa shape index (κ1) is 33.7. The van der Waals surface area contributed by atoms with Crippen LogP contribution in [0.2, 0.25) is 0 Å². The summed E-state index contributed by atoms with van der Waals surface area (Å²) in [6.07, 6.45) is 7.44. The van der Waals surface area contributed by atoms with Crippen molar-refractivity contribution in [1.29, 1.82) is 5.41 Å². The van der Waals surface area contributed by atoms with E-state index in [4.69, 9.17) is 15.1 Å². The number of carbonyl (C=O) groups is 2. The van der Waals surface area contributed by atoms with Gasteiger partial charge in [0.15, 0.2) is 17.4 Å². The molecule has 4 aromatic rings. The zero-order valence-electron chi connectivity index (χ0n) is 28.6. The van der Waals surface area contributed by atoms with Crippen LogP contribution in [0.4, 0.5) is 10.2 Å². The normalized spacial score (nSPS) is 19.6. The molecular weight excluding hydrogens is 658 g/mol. The summed E-state index contributed by atoms with van der Waals surface area (Å²) in [4.78, 5) is 47.5. The first-order valence-corrected chi connectivity index (χ1v) is 17.7. The van der Waals surface area contributed by atoms with Gasteiger partial charge in [-0.3, -0.25) is 29.5 Å². The largest absolute Gasteiger partial charge is 0.488 e. The quantitative estimate of drug-likeness (QED) is 0.249. The lowest BCUT2D eigenvalue weighted by atomic mass is 9.85. The number of benzene rings is 1. The van der Waals surface area contributed by atoms with Gasteiger partial charge in [0.25, 0.3) is 0 Å². The molecule has 3 aliphatic rings. The number of ether oxygens (including phenoxy) is 1. The first-order valence-electron chi connectivity index (χ1n) is 16.9. The molecule has 0 radical (unpaired) electrons. The summed E-state index contributed by atoms with van der Waals surface area (Å²) in [5.74, 6) is 0.785. The summed E-state index contributed by atoms with van der Waals surface area (Å²) >= 11 is 1.56. The molecule has 0 saturated carbocycles. The van der Waals surface area contributed by atoms with Crippen LogP contribution in [0.3, 0.4) is 0 Å². The number of hydrogen-bond acceptors (Lipinski definition) is 10. The Kier molecular flexibility index (Phi) is 9.07. The molecule has 0 aliphatic carbocycles. The molecule has 12 nitrogen and oxygen atoms in total. The van der Waals surface area contributed by atoms with Crippen molar-refractivity contribution >= 4 is 40.3 Å². The summed E-state index contributed by atoms with van der Waals surface area (Å²) in [6, 6.07) is 8.12. The fourth-order valence-electron chi connectivity index (χ4n) is 6.93. The molecule has 1 aromatic carbocycles. The van der Waals surface area contributed by atoms with Crippen LogP contribution in [-0.2, 0) is 16.6 Å². The van der Waals surface area contributed by atoms with Crippen LogP contribution in [0.1, 0.15) is 54.9 Å². The number of anilines is 1. The van der Waals surface area contributed by atoms with Crippen LogP contribution < -0.4 is 9.64 Å². The van der Waals surface area contributed by atoms with Crippen molar-refractivity contribution in [3.05, 3.63) is 76.6 Å². The summed E-state index contributed by atoms with van der Waals surface area (Å²) in [7, 11) is 1.83. The molecule has 0 bridgehead atoms. The predicted molar refractivity (Wildman–Crippen MR) is 189 cm³/mol. The van der Waals surface area contributed by atoms with E-state index in [9.17, 15) is 14.0 Å². The van der Waals surface area contributed by atoms with E-state index in [1.54, 1.807) is 45.6 Å². The van der Waals surface area contributed by atoms with Gasteiger partial charge in [-0.05, 0) is 82.0 Å². The Morgan fingerprint density at radius 1 is 1.14 bits per heavy atom. The number of aromatic nitrogens is 5. The van der Waals surface area contributed by atoms with Crippen molar-refractivity contribution in [2.75, 3.05) is 44.2 Å². The predicted octanol–water partition coefficient (Wildman–Crippen LogP) is 4.73. The Morgan fingerprint density at radius 2 is 1.96 bits per heavy atom. The molecule has 1 spiro atoms. The molecule has 2 fully saturated rings. The van der Waals surface area contributed by atoms with E-state index in [1.807, 2.05) is 38.8 Å². The van der Waals surface area contributed by atoms with Crippen LogP contribution in [-0.4, -0.2) is 97.4 Å². The molecular formula is C36H40FN9O3S. The number of nitrogens with one attached hydrogen (secondary N) is 1. The molecule has 3 aromatic heterocycles. The molecule has 0 unspecified atom stereocenters. The van der Waals surface area contributed by atoms with Crippen LogP contribution in [0.25, 0.3) is 16.3 Å². The van der Waals surface area contributed by atoms with Gasteiger partial charge in [0.1, 0.15) is 17.2 Å². The van der Waals surface area contributed by atoms with Crippen molar-refractivity contribution in [2.24, 2.45) is 12.5 Å². The standard InChI is InChI=1S/C36H40FN9O3S/c1-22(2)49-27-7-6-25(17-26(27)37)31(38)32-23(3)5-8-29(41-32)46-16-12-36(35(46)48)11-15-44(20-36)19-30(47)45-13-9-24(10-14-45)34-39-18-28(50-34)33-40-21-43(4)42-33/h5-9,17-18,21-22,38H,10-16,19-20H2,1-4H3/t36-/m0/s1. The van der Waals surface area contributed by atoms with Crippen LogP contribution in [0, 0.1) is 23.6 Å². The number of carbonyl (C=O) groups excluding carboxylic acids is 2. The zero-order valence-corrected chi connectivity index (χ0v) is 29.5. The number of pyridine rings is 1. The van der Waals surface area contributed by atoms with Gasteiger partial charge >= 0.3 is 0 Å². The highest BCUT2D eigenvalue weighted by Gasteiger charge is 2.51. The lowest BCUT2D eigenvalue weighted by Crippen LogP contribution is -2.43. The van der Waals surface area contributed by atoms with E-state index in [-0.39, 0.29) is 35.9 Å². The fourth-order valence-corrected chi connectivity index (χ4v) is 7.86. The maximum Gasteiger partial charge on any atom is 0.237 e. The summed E-state index contributed by atoms with van der Waals surface area (Å²) < 4.78 is 21.9. The molecule has 1 atom stereocenters. The number of amides is 2. The molecule has 6 heterocycles. The molecule has 14 heteroatoms. The van der Waals surface area contributed by atoms with Gasteiger partial charge in [-0.2, -0.15) is 5.10 Å². The van der Waals surface area contributed by atoms with E-state index in [0.29, 0.717) is 68.5 Å². The zero-order chi connectivity index (χ0) is 35.2. The van der Waals surface area contributed by atoms with Crippen molar-refractivity contribution in [1.82, 2.24) is 34.5 Å². The Balaban J connectivity index is 0.966. The average Bonchev–Trinajstić information content (AvgIpc) is 3.91. The highest BCUT2D eigenvalue weighted by atomic mass is 32.1. The third kappa shape index (κ3) is 6.56. The highest BCUT2D eigenvalue weighted by Crippen LogP contribution is 2.42. The van der Waals surface area contributed by atoms with Gasteiger partial charge in [0, 0.05) is 45.0 Å². The number of hydrogen-bond donors (Lipinski definition) is 1. The van der Waals surface area contributed by atoms with Crippen molar-refractivity contribution in [3.8, 4) is 16.5 Å². The summed E-state index contributed by atoms with van der Waals surface area (Å²) in [6.45, 7) is 8.61. The minimum absolute atomic E-state index is 0.00298. The average molecular weight is 698 g/mol. The molecule has 3 aliphatic heterocycles. The van der Waals surface area contributed by atoms with Crippen LogP contribution >= 0.6 is 11.3 Å². The molecule has 7 rings (SSSR count). The third-order valence-corrected chi connectivity index (χ3v) is 10.7. The van der Waals surface area contributed by atoms with Crippen LogP contribution in [0.5, 0.6) is 5.75 Å². The monoisotopic (exact) mass is 697 g/mol. The first-order chi connectivity index (χ1) is 24.0. The van der Waals surface area contributed by atoms with E-state index in [1.165, 1.54) is 12.1 Å². The van der Waals surface area contributed by atoms with Gasteiger partial charge in [0.2, 0.25) is 11.8 Å². The number of rotatable bonds is 9. The number of nitrogens with zero attached hydrogens (tertiary/aromatic N) is 8. The second-order valence-electron chi connectivity index (χ2n) is 13.6. The second kappa shape index (κ2) is 13.5. The van der Waals surface area contributed by atoms with Crippen molar-refractivity contribution in [3.63, 3.8) is 0 Å². The molecule has 50 heavy (non-hydrogen) atoms. The fraction of sp³-hybridized carbons (Fsp3) is 0.417. The van der Waals surface area contributed by atoms with E-state index < -0.39 is 11.2 Å². The molecule has 1 N–H and O–H groups in total. The second-order valence-corrected chi connectivity index (χ2v) is 14.6. The lowest BCUT2D eigenvalue weighted by molar-refractivity contribution is -0.132. The van der Waals surface area contributed by atoms with Gasteiger partial charge in [0.05, 0.1) is 34.3 Å². The number of halogens is 1. The minimum atomic E-state index is -0.574. The molecule has 2 saturated heterocycles. The van der Waals surface area contributed by atoms with Crippen LogP contribution in [0.15, 0.2) is 48.9 Å². The van der Waals surface area contributed by atoms with Gasteiger partial charge in [-0.15, -0.1) is 11.3 Å². The van der Waals surface area contributed by atoms with Crippen molar-refractivity contribution < 1.29 is 18.7 Å². The van der Waals surface area contributed by atoms with E-state index in [0.717, 1.165) is 27.4 Å². The molecule has 260 valence electrons. The van der Waals surface area contributed by atoms with Gasteiger partial charge in [-0.1, -0.05) is 12.1 Å². The highest BCUT2D eigenvalue weighted by molar-refractivity contribution is 7.16. The topological polar surface area (TPSA) is 133 Å². The van der Waals surface area contributed by atoms with Gasteiger partial charge < -0.3 is 9.64 Å². The Morgan fingerprint density at radius 3 is 2.68 bits per heavy atom. The minimum Gasteiger partial charge on any atom is -0.488 e. The van der Waals surface area contributed by atoms with E-state index in [2.05, 4.69) is 26.0 Å². The summed E-state index contributed by atoms with van der Waals surface area (Å²) in [5.41, 5.74) is 2.15. The Hall–Kier alpha value is -4.82. The lowest BCUT2D eigenvalue weighted by Gasteiger charge is -2.28. The van der Waals surface area contributed by atoms with Gasteiger partial charge in [-0.25, -0.2) is 19.3 Å². The van der Waals surface area contributed by atoms with Crippen molar-refractivity contribution in [2.45, 2.75) is 46.1 Å². The Labute approximate surface area is 294 Å².